The Hall–Kier alpha value is -1.62. The number of ether oxygens (including phenoxy) is 1. The minimum atomic E-state index is 0.144. The summed E-state index contributed by atoms with van der Waals surface area (Å²) in [6.45, 7) is 9.17. The van der Waals surface area contributed by atoms with E-state index < -0.39 is 0 Å². The van der Waals surface area contributed by atoms with Crippen LogP contribution in [-0.2, 0) is 9.53 Å². The molecule has 1 N–H and O–H groups in total. The van der Waals surface area contributed by atoms with Crippen LogP contribution < -0.4 is 10.2 Å². The number of aromatic nitrogens is 1. The number of carbonyl (C=O) groups excluding carboxylic acids is 1. The van der Waals surface area contributed by atoms with Crippen LogP contribution >= 0.6 is 0 Å². The monoisotopic (exact) mass is 385 g/mol. The molecule has 0 bridgehead atoms. The van der Waals surface area contributed by atoms with Gasteiger partial charge in [0, 0.05) is 13.0 Å². The zero-order valence-corrected chi connectivity index (χ0v) is 17.6. The molecule has 3 aliphatic rings. The molecule has 0 spiro atoms. The average molecular weight is 386 g/mol. The van der Waals surface area contributed by atoms with Crippen molar-refractivity contribution in [1.29, 1.82) is 0 Å². The lowest BCUT2D eigenvalue weighted by atomic mass is 9.68. The van der Waals surface area contributed by atoms with Crippen molar-refractivity contribution in [3.63, 3.8) is 0 Å². The maximum atomic E-state index is 12.7. The molecule has 1 aliphatic heterocycles. The number of hydrogen-bond acceptors (Lipinski definition) is 4. The summed E-state index contributed by atoms with van der Waals surface area (Å²) in [7, 11) is 0. The van der Waals surface area contributed by atoms with E-state index in [1.807, 2.05) is 12.1 Å². The largest absolute Gasteiger partial charge is 0.377 e. The van der Waals surface area contributed by atoms with Crippen LogP contribution in [0.3, 0.4) is 0 Å². The van der Waals surface area contributed by atoms with Gasteiger partial charge in [0.2, 0.25) is 5.91 Å². The second-order valence-electron chi connectivity index (χ2n) is 9.69. The fourth-order valence-electron chi connectivity index (χ4n) is 4.89. The van der Waals surface area contributed by atoms with Crippen LogP contribution in [-0.4, -0.2) is 36.7 Å². The molecular formula is C23H35N3O2. The SMILES string of the molecule is CC(C)C1COCCN1c1ccc(NC(=O)CC(C2CCC2)C2(C)CC2)cn1. The summed E-state index contributed by atoms with van der Waals surface area (Å²) in [5, 5.41) is 3.09. The van der Waals surface area contributed by atoms with Crippen LogP contribution in [0.25, 0.3) is 0 Å². The van der Waals surface area contributed by atoms with Gasteiger partial charge in [0.05, 0.1) is 31.1 Å². The highest BCUT2D eigenvalue weighted by Gasteiger charge is 2.49. The van der Waals surface area contributed by atoms with E-state index >= 15 is 0 Å². The lowest BCUT2D eigenvalue weighted by Crippen LogP contribution is -2.48. The lowest BCUT2D eigenvalue weighted by Gasteiger charge is -2.39. The fraction of sp³-hybridized carbons (Fsp3) is 0.739. The smallest absolute Gasteiger partial charge is 0.224 e. The van der Waals surface area contributed by atoms with Crippen molar-refractivity contribution in [2.75, 3.05) is 30.0 Å². The summed E-state index contributed by atoms with van der Waals surface area (Å²) in [4.78, 5) is 19.7. The van der Waals surface area contributed by atoms with Crippen molar-refractivity contribution in [3.05, 3.63) is 18.3 Å². The van der Waals surface area contributed by atoms with Gasteiger partial charge in [-0.15, -0.1) is 0 Å². The summed E-state index contributed by atoms with van der Waals surface area (Å²) in [5.74, 6) is 2.93. The Labute approximate surface area is 169 Å². The Morgan fingerprint density at radius 1 is 1.36 bits per heavy atom. The van der Waals surface area contributed by atoms with Crippen LogP contribution in [0.15, 0.2) is 18.3 Å². The van der Waals surface area contributed by atoms with Crippen LogP contribution in [0.1, 0.15) is 59.3 Å². The molecule has 3 fully saturated rings. The Kier molecular flexibility index (Phi) is 5.64. The Morgan fingerprint density at radius 3 is 2.71 bits per heavy atom. The number of pyridine rings is 1. The van der Waals surface area contributed by atoms with E-state index in [2.05, 4.69) is 36.0 Å². The third kappa shape index (κ3) is 4.19. The average Bonchev–Trinajstić information content (AvgIpc) is 3.39. The normalized spacial score (nSPS) is 25.3. The first-order valence-electron chi connectivity index (χ1n) is 11.1. The topological polar surface area (TPSA) is 54.5 Å². The van der Waals surface area contributed by atoms with Gasteiger partial charge in [-0.25, -0.2) is 4.98 Å². The molecule has 5 heteroatoms. The summed E-state index contributed by atoms with van der Waals surface area (Å²) < 4.78 is 5.65. The first-order chi connectivity index (χ1) is 13.5. The van der Waals surface area contributed by atoms with E-state index in [0.717, 1.165) is 37.2 Å². The van der Waals surface area contributed by atoms with Gasteiger partial charge in [0.15, 0.2) is 0 Å². The second-order valence-corrected chi connectivity index (χ2v) is 9.69. The van der Waals surface area contributed by atoms with Gasteiger partial charge in [-0.3, -0.25) is 4.79 Å². The number of carbonyl (C=O) groups is 1. The zero-order chi connectivity index (χ0) is 19.7. The minimum Gasteiger partial charge on any atom is -0.377 e. The van der Waals surface area contributed by atoms with E-state index in [1.54, 1.807) is 6.20 Å². The maximum Gasteiger partial charge on any atom is 0.224 e. The van der Waals surface area contributed by atoms with Crippen molar-refractivity contribution in [1.82, 2.24) is 4.98 Å². The molecular weight excluding hydrogens is 350 g/mol. The Balaban J connectivity index is 1.36. The molecule has 4 rings (SSSR count). The maximum absolute atomic E-state index is 12.7. The lowest BCUT2D eigenvalue weighted by molar-refractivity contribution is -0.118. The van der Waals surface area contributed by atoms with Crippen molar-refractivity contribution in [2.24, 2.45) is 23.2 Å². The molecule has 1 amide bonds. The molecule has 1 aromatic rings. The third-order valence-electron chi connectivity index (χ3n) is 7.32. The van der Waals surface area contributed by atoms with Gasteiger partial charge < -0.3 is 15.0 Å². The summed E-state index contributed by atoms with van der Waals surface area (Å²) >= 11 is 0. The highest BCUT2D eigenvalue weighted by atomic mass is 16.5. The first-order valence-corrected chi connectivity index (χ1v) is 11.1. The van der Waals surface area contributed by atoms with Crippen LogP contribution in [0.4, 0.5) is 11.5 Å². The summed E-state index contributed by atoms with van der Waals surface area (Å²) in [5.41, 5.74) is 1.21. The number of anilines is 2. The molecule has 154 valence electrons. The molecule has 2 atom stereocenters. The molecule has 2 saturated carbocycles. The number of nitrogens with zero attached hydrogens (tertiary/aromatic N) is 2. The minimum absolute atomic E-state index is 0.144. The molecule has 2 heterocycles. The van der Waals surface area contributed by atoms with E-state index in [-0.39, 0.29) is 5.91 Å². The predicted molar refractivity (Wildman–Crippen MR) is 112 cm³/mol. The number of morpholine rings is 1. The van der Waals surface area contributed by atoms with E-state index in [1.165, 1.54) is 32.1 Å². The second kappa shape index (κ2) is 8.02. The van der Waals surface area contributed by atoms with Gasteiger partial charge in [-0.1, -0.05) is 40.0 Å². The summed E-state index contributed by atoms with van der Waals surface area (Å²) in [6, 6.07) is 4.37. The molecule has 28 heavy (non-hydrogen) atoms. The Morgan fingerprint density at radius 2 is 2.14 bits per heavy atom. The van der Waals surface area contributed by atoms with Crippen LogP contribution in [0, 0.1) is 23.2 Å². The van der Waals surface area contributed by atoms with Gasteiger partial charge in [0.25, 0.3) is 0 Å². The number of nitrogens with one attached hydrogen (secondary N) is 1. The van der Waals surface area contributed by atoms with Gasteiger partial charge in [-0.05, 0) is 48.1 Å². The van der Waals surface area contributed by atoms with Crippen molar-refractivity contribution < 1.29 is 9.53 Å². The summed E-state index contributed by atoms with van der Waals surface area (Å²) in [6.07, 6.45) is 8.98. The standard InChI is InChI=1S/C23H35N3O2/c1-16(2)20-15-28-12-11-26(20)21-8-7-18(14-24-21)25-22(27)13-19(17-5-4-6-17)23(3)9-10-23/h7-8,14,16-17,19-20H,4-6,9-13,15H2,1-3H3,(H,25,27). The molecule has 0 aromatic carbocycles. The fourth-order valence-corrected chi connectivity index (χ4v) is 4.89. The van der Waals surface area contributed by atoms with Crippen molar-refractivity contribution in [3.8, 4) is 0 Å². The highest BCUT2D eigenvalue weighted by Crippen LogP contribution is 2.58. The quantitative estimate of drug-likeness (QED) is 0.751. The van der Waals surface area contributed by atoms with E-state index in [9.17, 15) is 4.79 Å². The molecule has 2 unspecified atom stereocenters. The van der Waals surface area contributed by atoms with E-state index in [0.29, 0.717) is 29.7 Å². The molecule has 0 radical (unpaired) electrons. The van der Waals surface area contributed by atoms with Crippen LogP contribution in [0.2, 0.25) is 0 Å². The molecule has 2 aliphatic carbocycles. The van der Waals surface area contributed by atoms with E-state index in [4.69, 9.17) is 4.74 Å². The van der Waals surface area contributed by atoms with Crippen molar-refractivity contribution in [2.45, 2.75) is 65.3 Å². The number of amides is 1. The van der Waals surface area contributed by atoms with Crippen LogP contribution in [0.5, 0.6) is 0 Å². The molecule has 5 nitrogen and oxygen atoms in total. The number of hydrogen-bond donors (Lipinski definition) is 1. The molecule has 1 aromatic heterocycles. The number of rotatable bonds is 7. The third-order valence-corrected chi connectivity index (χ3v) is 7.32. The predicted octanol–water partition coefficient (Wildman–Crippen LogP) is 4.49. The Bertz CT molecular complexity index is 680. The molecule has 1 saturated heterocycles. The van der Waals surface area contributed by atoms with Gasteiger partial charge in [-0.2, -0.15) is 0 Å². The zero-order valence-electron chi connectivity index (χ0n) is 17.6. The van der Waals surface area contributed by atoms with Crippen molar-refractivity contribution >= 4 is 17.4 Å². The van der Waals surface area contributed by atoms with Gasteiger partial charge >= 0.3 is 0 Å². The first kappa shape index (κ1) is 19.7. The van der Waals surface area contributed by atoms with Gasteiger partial charge in [0.1, 0.15) is 5.82 Å². The highest BCUT2D eigenvalue weighted by molar-refractivity contribution is 5.90.